The molecule has 1 aromatic carbocycles. The lowest BCUT2D eigenvalue weighted by Crippen LogP contribution is -2.38. The number of hydrogen-bond acceptors (Lipinski definition) is 4. The first-order valence-electron chi connectivity index (χ1n) is 6.31. The van der Waals surface area contributed by atoms with Gasteiger partial charge in [-0.3, -0.25) is 4.79 Å². The van der Waals surface area contributed by atoms with Gasteiger partial charge in [-0.1, -0.05) is 0 Å². The van der Waals surface area contributed by atoms with Crippen molar-refractivity contribution >= 4 is 37.2 Å². The van der Waals surface area contributed by atoms with Gasteiger partial charge in [0.15, 0.2) is 0 Å². The number of benzene rings is 1. The van der Waals surface area contributed by atoms with E-state index in [1.807, 2.05) is 0 Å². The number of fused-ring (bicyclic) bond motifs is 1. The predicted molar refractivity (Wildman–Crippen MR) is 83.0 cm³/mol. The number of sulfone groups is 1. The Hall–Kier alpha value is -1.47. The molecule has 0 unspecified atom stereocenters. The van der Waals surface area contributed by atoms with E-state index in [1.54, 1.807) is 26.1 Å². The van der Waals surface area contributed by atoms with Gasteiger partial charge in [0.1, 0.15) is 15.7 Å². The fourth-order valence-electron chi connectivity index (χ4n) is 2.04. The Kier molecular flexibility index (Phi) is 4.34. The Morgan fingerprint density at radius 1 is 1.38 bits per heavy atom. The van der Waals surface area contributed by atoms with Gasteiger partial charge in [-0.2, -0.15) is 0 Å². The molecule has 0 bridgehead atoms. The Morgan fingerprint density at radius 3 is 2.67 bits per heavy atom. The van der Waals surface area contributed by atoms with E-state index in [1.165, 1.54) is 28.4 Å². The zero-order valence-corrected chi connectivity index (χ0v) is 13.6. The van der Waals surface area contributed by atoms with Crippen molar-refractivity contribution in [2.45, 2.75) is 13.0 Å². The van der Waals surface area contributed by atoms with Crippen LogP contribution in [0.15, 0.2) is 24.3 Å². The Bertz CT molecular complexity index is 783. The third-order valence-corrected chi connectivity index (χ3v) is 5.41. The molecule has 0 aliphatic rings. The molecule has 114 valence electrons. The molecule has 1 amide bonds. The van der Waals surface area contributed by atoms with Crippen molar-refractivity contribution in [2.75, 3.05) is 19.1 Å². The maximum absolute atomic E-state index is 13.2. The molecule has 2 rings (SSSR count). The van der Waals surface area contributed by atoms with Gasteiger partial charge in [-0.15, -0.1) is 11.3 Å². The minimum atomic E-state index is -3.15. The van der Waals surface area contributed by atoms with E-state index < -0.39 is 15.9 Å². The molecule has 1 heterocycles. The van der Waals surface area contributed by atoms with Gasteiger partial charge in [0.2, 0.25) is 0 Å². The highest BCUT2D eigenvalue weighted by Gasteiger charge is 2.22. The van der Waals surface area contributed by atoms with Crippen LogP contribution < -0.4 is 0 Å². The van der Waals surface area contributed by atoms with E-state index in [-0.39, 0.29) is 17.5 Å². The number of halogens is 1. The second-order valence-electron chi connectivity index (χ2n) is 5.15. The highest BCUT2D eigenvalue weighted by molar-refractivity contribution is 7.90. The lowest BCUT2D eigenvalue weighted by atomic mass is 10.2. The van der Waals surface area contributed by atoms with Gasteiger partial charge in [0.25, 0.3) is 5.91 Å². The van der Waals surface area contributed by atoms with Gasteiger partial charge < -0.3 is 4.90 Å². The minimum absolute atomic E-state index is 0.0885. The molecule has 0 aliphatic heterocycles. The molecule has 21 heavy (non-hydrogen) atoms. The van der Waals surface area contributed by atoms with Crippen molar-refractivity contribution < 1.29 is 17.6 Å². The summed E-state index contributed by atoms with van der Waals surface area (Å²) < 4.78 is 36.6. The quantitative estimate of drug-likeness (QED) is 0.866. The molecular weight excluding hydrogens is 313 g/mol. The molecule has 0 saturated heterocycles. The first-order chi connectivity index (χ1) is 9.67. The van der Waals surface area contributed by atoms with Crippen LogP contribution in [0.25, 0.3) is 10.1 Å². The highest BCUT2D eigenvalue weighted by atomic mass is 32.2. The first kappa shape index (κ1) is 15.9. The number of nitrogens with zero attached hydrogens (tertiary/aromatic N) is 1. The summed E-state index contributed by atoms with van der Waals surface area (Å²) >= 11 is 1.27. The molecule has 1 atom stereocenters. The molecule has 0 N–H and O–H groups in total. The second kappa shape index (κ2) is 5.73. The maximum atomic E-state index is 13.2. The Morgan fingerprint density at radius 2 is 2.05 bits per heavy atom. The van der Waals surface area contributed by atoms with E-state index >= 15 is 0 Å². The van der Waals surface area contributed by atoms with Crippen molar-refractivity contribution in [1.29, 1.82) is 0 Å². The Balaban J connectivity index is 2.25. The van der Waals surface area contributed by atoms with E-state index in [9.17, 15) is 17.6 Å². The van der Waals surface area contributed by atoms with Gasteiger partial charge in [-0.25, -0.2) is 12.8 Å². The van der Waals surface area contributed by atoms with Gasteiger partial charge in [-0.05, 0) is 36.6 Å². The largest absolute Gasteiger partial charge is 0.337 e. The van der Waals surface area contributed by atoms with E-state index in [4.69, 9.17) is 0 Å². The van der Waals surface area contributed by atoms with Crippen LogP contribution in [0.5, 0.6) is 0 Å². The predicted octanol–water partition coefficient (Wildman–Crippen LogP) is 2.55. The normalized spacial score (nSPS) is 13.3. The lowest BCUT2D eigenvalue weighted by molar-refractivity contribution is 0.0762. The summed E-state index contributed by atoms with van der Waals surface area (Å²) in [7, 11) is -1.58. The number of rotatable bonds is 4. The van der Waals surface area contributed by atoms with E-state index in [2.05, 4.69) is 0 Å². The number of carbonyl (C=O) groups excluding carboxylic acids is 1. The molecule has 0 radical (unpaired) electrons. The summed E-state index contributed by atoms with van der Waals surface area (Å²) in [5.41, 5.74) is 0. The lowest BCUT2D eigenvalue weighted by Gasteiger charge is -2.23. The molecule has 0 spiro atoms. The molecule has 0 saturated carbocycles. The number of hydrogen-bond donors (Lipinski definition) is 0. The van der Waals surface area contributed by atoms with Crippen LogP contribution in [0.2, 0.25) is 0 Å². The standard InChI is InChI=1S/C14H16FNO3S2/c1-9(8-21(3,18)19)16(2)14(17)13-7-10-6-11(15)4-5-12(10)20-13/h4-7,9H,8H2,1-3H3/t9-/m0/s1. The van der Waals surface area contributed by atoms with Crippen LogP contribution in [-0.2, 0) is 9.84 Å². The van der Waals surface area contributed by atoms with E-state index in [0.29, 0.717) is 10.3 Å². The van der Waals surface area contributed by atoms with Gasteiger partial charge in [0, 0.05) is 24.0 Å². The fourth-order valence-corrected chi connectivity index (χ4v) is 4.17. The van der Waals surface area contributed by atoms with Crippen molar-refractivity contribution in [3.8, 4) is 0 Å². The third-order valence-electron chi connectivity index (χ3n) is 3.21. The second-order valence-corrected chi connectivity index (χ2v) is 8.42. The average molecular weight is 329 g/mol. The third kappa shape index (κ3) is 3.79. The Labute approximate surface area is 127 Å². The van der Waals surface area contributed by atoms with Crippen LogP contribution in [0.3, 0.4) is 0 Å². The van der Waals surface area contributed by atoms with Gasteiger partial charge >= 0.3 is 0 Å². The van der Waals surface area contributed by atoms with Gasteiger partial charge in [0.05, 0.1) is 10.6 Å². The molecule has 2 aromatic rings. The zero-order chi connectivity index (χ0) is 15.8. The zero-order valence-electron chi connectivity index (χ0n) is 12.0. The van der Waals surface area contributed by atoms with Crippen LogP contribution >= 0.6 is 11.3 Å². The SMILES string of the molecule is C[C@@H](CS(C)(=O)=O)N(C)C(=O)c1cc2cc(F)ccc2s1. The summed E-state index contributed by atoms with van der Waals surface area (Å²) in [6.45, 7) is 1.69. The molecule has 0 fully saturated rings. The summed E-state index contributed by atoms with van der Waals surface area (Å²) in [4.78, 5) is 14.2. The number of amides is 1. The fraction of sp³-hybridized carbons (Fsp3) is 0.357. The summed E-state index contributed by atoms with van der Waals surface area (Å²) in [6.07, 6.45) is 1.14. The monoisotopic (exact) mass is 329 g/mol. The minimum Gasteiger partial charge on any atom is -0.337 e. The average Bonchev–Trinajstić information content (AvgIpc) is 2.77. The van der Waals surface area contributed by atoms with Crippen molar-refractivity contribution in [3.05, 3.63) is 35.0 Å². The molecule has 7 heteroatoms. The maximum Gasteiger partial charge on any atom is 0.263 e. The molecular formula is C14H16FNO3S2. The summed E-state index contributed by atoms with van der Waals surface area (Å²) in [5, 5.41) is 0.674. The van der Waals surface area contributed by atoms with Crippen LogP contribution in [0.4, 0.5) is 4.39 Å². The number of carbonyl (C=O) groups is 1. The number of thiophene rings is 1. The molecule has 0 aliphatic carbocycles. The van der Waals surface area contributed by atoms with Crippen molar-refractivity contribution in [1.82, 2.24) is 4.90 Å². The van der Waals surface area contributed by atoms with Crippen LogP contribution in [-0.4, -0.2) is 44.3 Å². The smallest absolute Gasteiger partial charge is 0.263 e. The van der Waals surface area contributed by atoms with Crippen molar-refractivity contribution in [2.24, 2.45) is 0 Å². The highest BCUT2D eigenvalue weighted by Crippen LogP contribution is 2.27. The molecule has 4 nitrogen and oxygen atoms in total. The van der Waals surface area contributed by atoms with E-state index in [0.717, 1.165) is 11.0 Å². The summed E-state index contributed by atoms with van der Waals surface area (Å²) in [6, 6.07) is 5.57. The topological polar surface area (TPSA) is 54.5 Å². The van der Waals surface area contributed by atoms with Crippen molar-refractivity contribution in [3.63, 3.8) is 0 Å². The molecule has 1 aromatic heterocycles. The first-order valence-corrected chi connectivity index (χ1v) is 9.19. The summed E-state index contributed by atoms with van der Waals surface area (Å²) in [5.74, 6) is -0.694. The van der Waals surface area contributed by atoms with Crippen LogP contribution in [0, 0.1) is 5.82 Å². The van der Waals surface area contributed by atoms with Crippen LogP contribution in [0.1, 0.15) is 16.6 Å².